The van der Waals surface area contributed by atoms with E-state index in [1.165, 1.54) is 4.68 Å². The molecule has 0 unspecified atom stereocenters. The highest BCUT2D eigenvalue weighted by Crippen LogP contribution is 2.17. The molecule has 1 aliphatic heterocycles. The first kappa shape index (κ1) is 17.6. The first-order chi connectivity index (χ1) is 10.7. The van der Waals surface area contributed by atoms with Crippen LogP contribution in [0.5, 0.6) is 0 Å². The summed E-state index contributed by atoms with van der Waals surface area (Å²) in [4.78, 5) is 28.0. The van der Waals surface area contributed by atoms with Crippen LogP contribution in [0.3, 0.4) is 0 Å². The maximum Gasteiger partial charge on any atom is 0.410 e. The Morgan fingerprint density at radius 1 is 1.17 bits per heavy atom. The van der Waals surface area contributed by atoms with Crippen molar-refractivity contribution in [2.45, 2.75) is 32.8 Å². The van der Waals surface area contributed by atoms with Crippen molar-refractivity contribution in [3.63, 3.8) is 0 Å². The molecule has 128 valence electrons. The lowest BCUT2D eigenvalue weighted by Crippen LogP contribution is -2.40. The van der Waals surface area contributed by atoms with Crippen LogP contribution in [0.15, 0.2) is 6.20 Å². The van der Waals surface area contributed by atoms with E-state index >= 15 is 0 Å². The van der Waals surface area contributed by atoms with Gasteiger partial charge in [-0.1, -0.05) is 11.6 Å². The van der Waals surface area contributed by atoms with Crippen molar-refractivity contribution >= 4 is 23.6 Å². The highest BCUT2D eigenvalue weighted by molar-refractivity contribution is 6.33. The molecule has 1 aliphatic rings. The Morgan fingerprint density at radius 3 is 2.35 bits per heavy atom. The zero-order chi connectivity index (χ0) is 17.2. The van der Waals surface area contributed by atoms with Crippen LogP contribution in [0, 0.1) is 0 Å². The molecular formula is C15H23ClN4O3. The molecular weight excluding hydrogens is 320 g/mol. The first-order valence-electron chi connectivity index (χ1n) is 7.64. The minimum atomic E-state index is -0.527. The molecule has 2 rings (SSSR count). The summed E-state index contributed by atoms with van der Waals surface area (Å²) in [7, 11) is 1.72. The smallest absolute Gasteiger partial charge is 0.410 e. The van der Waals surface area contributed by atoms with Gasteiger partial charge in [-0.2, -0.15) is 5.10 Å². The lowest BCUT2D eigenvalue weighted by Gasteiger charge is -2.26. The number of aryl methyl sites for hydroxylation is 1. The summed E-state index contributed by atoms with van der Waals surface area (Å²) < 4.78 is 6.90. The van der Waals surface area contributed by atoms with Crippen LogP contribution in [-0.2, 0) is 11.8 Å². The van der Waals surface area contributed by atoms with Gasteiger partial charge in [0.2, 0.25) is 0 Å². The molecule has 0 spiro atoms. The normalized spacial score (nSPS) is 16.2. The van der Waals surface area contributed by atoms with Crippen molar-refractivity contribution in [2.75, 3.05) is 26.2 Å². The minimum absolute atomic E-state index is 0.207. The fraction of sp³-hybridized carbons (Fsp3) is 0.667. The number of amides is 2. The summed E-state index contributed by atoms with van der Waals surface area (Å²) in [5.41, 5.74) is -0.278. The molecule has 0 N–H and O–H groups in total. The van der Waals surface area contributed by atoms with E-state index in [-0.39, 0.29) is 17.7 Å². The lowest BCUT2D eigenvalue weighted by molar-refractivity contribution is 0.0255. The zero-order valence-electron chi connectivity index (χ0n) is 14.0. The molecule has 2 amide bonds. The lowest BCUT2D eigenvalue weighted by atomic mass is 10.2. The molecule has 0 aromatic carbocycles. The largest absolute Gasteiger partial charge is 0.444 e. The van der Waals surface area contributed by atoms with E-state index in [9.17, 15) is 9.59 Å². The molecule has 0 aliphatic carbocycles. The van der Waals surface area contributed by atoms with Gasteiger partial charge in [-0.3, -0.25) is 9.48 Å². The molecule has 1 fully saturated rings. The van der Waals surface area contributed by atoms with Crippen molar-refractivity contribution in [3.8, 4) is 0 Å². The number of ether oxygens (including phenoxy) is 1. The number of carbonyl (C=O) groups is 2. The molecule has 0 radical (unpaired) electrons. The van der Waals surface area contributed by atoms with Crippen LogP contribution >= 0.6 is 11.6 Å². The Bertz CT molecular complexity index is 594. The van der Waals surface area contributed by atoms with E-state index in [1.807, 2.05) is 20.8 Å². The topological polar surface area (TPSA) is 67.7 Å². The molecule has 23 heavy (non-hydrogen) atoms. The second kappa shape index (κ2) is 6.78. The predicted molar refractivity (Wildman–Crippen MR) is 86.5 cm³/mol. The van der Waals surface area contributed by atoms with E-state index in [0.29, 0.717) is 37.6 Å². The zero-order valence-corrected chi connectivity index (χ0v) is 14.8. The van der Waals surface area contributed by atoms with Crippen LogP contribution < -0.4 is 0 Å². The fourth-order valence-corrected chi connectivity index (χ4v) is 2.64. The average Bonchev–Trinajstić information content (AvgIpc) is 2.64. The number of halogens is 1. The van der Waals surface area contributed by atoms with E-state index in [1.54, 1.807) is 23.0 Å². The van der Waals surface area contributed by atoms with Gasteiger partial charge in [0.05, 0.1) is 5.02 Å². The van der Waals surface area contributed by atoms with Gasteiger partial charge in [-0.05, 0) is 27.2 Å². The third-order valence-corrected chi connectivity index (χ3v) is 3.70. The second-order valence-corrected chi connectivity index (χ2v) is 7.02. The number of nitrogens with zero attached hydrogens (tertiary/aromatic N) is 4. The van der Waals surface area contributed by atoms with Crippen molar-refractivity contribution < 1.29 is 14.3 Å². The van der Waals surface area contributed by atoms with Crippen molar-refractivity contribution in [2.24, 2.45) is 7.05 Å². The summed E-state index contributed by atoms with van der Waals surface area (Å²) in [5, 5.41) is 4.45. The van der Waals surface area contributed by atoms with Gasteiger partial charge in [0, 0.05) is 39.4 Å². The number of carbonyl (C=O) groups excluding carboxylic acids is 2. The van der Waals surface area contributed by atoms with Crippen molar-refractivity contribution in [1.82, 2.24) is 19.6 Å². The highest BCUT2D eigenvalue weighted by Gasteiger charge is 2.28. The summed E-state index contributed by atoms with van der Waals surface area (Å²) in [6.45, 7) is 7.50. The van der Waals surface area contributed by atoms with Crippen LogP contribution in [0.2, 0.25) is 5.02 Å². The molecule has 8 heteroatoms. The Hall–Kier alpha value is -1.76. The van der Waals surface area contributed by atoms with Crippen molar-refractivity contribution in [1.29, 1.82) is 0 Å². The average molecular weight is 343 g/mol. The molecule has 1 aromatic heterocycles. The van der Waals surface area contributed by atoms with E-state index < -0.39 is 5.60 Å². The first-order valence-corrected chi connectivity index (χ1v) is 8.01. The summed E-state index contributed by atoms with van der Waals surface area (Å²) in [5.74, 6) is -0.207. The maximum atomic E-state index is 12.5. The number of hydrogen-bond donors (Lipinski definition) is 0. The maximum absolute atomic E-state index is 12.5. The summed E-state index contributed by atoms with van der Waals surface area (Å²) in [6.07, 6.45) is 1.94. The molecule has 2 heterocycles. The van der Waals surface area contributed by atoms with Crippen LogP contribution in [0.25, 0.3) is 0 Å². The summed E-state index contributed by atoms with van der Waals surface area (Å²) >= 11 is 6.04. The fourth-order valence-electron chi connectivity index (χ4n) is 2.38. The third-order valence-electron chi connectivity index (χ3n) is 3.42. The molecule has 0 bridgehead atoms. The van der Waals surface area contributed by atoms with E-state index in [0.717, 1.165) is 0 Å². The van der Waals surface area contributed by atoms with Crippen molar-refractivity contribution in [3.05, 3.63) is 16.9 Å². The quantitative estimate of drug-likeness (QED) is 0.784. The highest BCUT2D eigenvalue weighted by atomic mass is 35.5. The number of rotatable bonds is 1. The standard InChI is InChI=1S/C15H23ClN4O3/c1-15(2,3)23-14(22)20-7-5-6-19(8-9-20)13(21)12-11(16)10-18(4)17-12/h10H,5-9H2,1-4H3. The van der Waals surface area contributed by atoms with Gasteiger partial charge in [-0.15, -0.1) is 0 Å². The Kier molecular flexibility index (Phi) is 5.19. The predicted octanol–water partition coefficient (Wildman–Crippen LogP) is 2.16. The second-order valence-electron chi connectivity index (χ2n) is 6.61. The molecule has 1 saturated heterocycles. The number of hydrogen-bond acceptors (Lipinski definition) is 4. The molecule has 0 atom stereocenters. The molecule has 7 nitrogen and oxygen atoms in total. The Morgan fingerprint density at radius 2 is 1.78 bits per heavy atom. The van der Waals surface area contributed by atoms with Gasteiger partial charge >= 0.3 is 6.09 Å². The van der Waals surface area contributed by atoms with E-state index in [2.05, 4.69) is 5.10 Å². The van der Waals surface area contributed by atoms with E-state index in [4.69, 9.17) is 16.3 Å². The Balaban J connectivity index is 2.00. The minimum Gasteiger partial charge on any atom is -0.444 e. The van der Waals surface area contributed by atoms with Gasteiger partial charge in [0.15, 0.2) is 5.69 Å². The SMILES string of the molecule is Cn1cc(Cl)c(C(=O)N2CCCN(C(=O)OC(C)(C)C)CC2)n1. The van der Waals surface area contributed by atoms with Crippen LogP contribution in [-0.4, -0.2) is 63.4 Å². The van der Waals surface area contributed by atoms with Gasteiger partial charge in [0.1, 0.15) is 5.60 Å². The van der Waals surface area contributed by atoms with Gasteiger partial charge < -0.3 is 14.5 Å². The molecule has 0 saturated carbocycles. The van der Waals surface area contributed by atoms with Crippen LogP contribution in [0.4, 0.5) is 4.79 Å². The summed E-state index contributed by atoms with van der Waals surface area (Å²) in [6, 6.07) is 0. The molecule has 1 aromatic rings. The third kappa shape index (κ3) is 4.60. The van der Waals surface area contributed by atoms with Gasteiger partial charge in [0.25, 0.3) is 5.91 Å². The number of aromatic nitrogens is 2. The van der Waals surface area contributed by atoms with Crippen LogP contribution in [0.1, 0.15) is 37.7 Å². The van der Waals surface area contributed by atoms with Gasteiger partial charge in [-0.25, -0.2) is 4.79 Å². The monoisotopic (exact) mass is 342 g/mol. The Labute approximate surface area is 141 Å².